The zero-order valence-electron chi connectivity index (χ0n) is 10.1. The molecule has 2 rings (SSSR count). The first-order valence-electron chi connectivity index (χ1n) is 6.21. The van der Waals surface area contributed by atoms with Gasteiger partial charge in [-0.2, -0.15) is 0 Å². The Balaban J connectivity index is 2.26. The van der Waals surface area contributed by atoms with Crippen LogP contribution in [0.2, 0.25) is 0 Å². The van der Waals surface area contributed by atoms with Gasteiger partial charge in [-0.25, -0.2) is 8.78 Å². The number of hydrogen-bond donors (Lipinski definition) is 1. The lowest BCUT2D eigenvalue weighted by Gasteiger charge is -2.33. The Labute approximate surface area is 105 Å². The molecule has 1 saturated carbocycles. The van der Waals surface area contributed by atoms with Crippen LogP contribution in [0, 0.1) is 17.0 Å². The highest BCUT2D eigenvalue weighted by molar-refractivity contribution is 5.75. The second kappa shape index (κ2) is 5.04. The molecule has 1 fully saturated rings. The van der Waals surface area contributed by atoms with Crippen molar-refractivity contribution < 1.29 is 18.7 Å². The topological polar surface area (TPSA) is 37.3 Å². The van der Waals surface area contributed by atoms with Crippen molar-refractivity contribution in [3.8, 4) is 0 Å². The summed E-state index contributed by atoms with van der Waals surface area (Å²) in [7, 11) is 0. The SMILES string of the molecule is O=C(O)C1(Cc2ccc(F)cc2F)CCCCC1. The highest BCUT2D eigenvalue weighted by atomic mass is 19.1. The quantitative estimate of drug-likeness (QED) is 0.895. The molecule has 1 aliphatic carbocycles. The number of carboxylic acid groups (broad SMARTS) is 1. The molecule has 0 radical (unpaired) electrons. The molecule has 0 aliphatic heterocycles. The zero-order valence-corrected chi connectivity index (χ0v) is 10.1. The van der Waals surface area contributed by atoms with Gasteiger partial charge < -0.3 is 5.11 Å². The maximum Gasteiger partial charge on any atom is 0.309 e. The first kappa shape index (κ1) is 13.0. The average molecular weight is 254 g/mol. The minimum Gasteiger partial charge on any atom is -0.481 e. The highest BCUT2D eigenvalue weighted by Crippen LogP contribution is 2.40. The van der Waals surface area contributed by atoms with Crippen molar-refractivity contribution in [3.63, 3.8) is 0 Å². The van der Waals surface area contributed by atoms with Crippen molar-refractivity contribution in [1.82, 2.24) is 0 Å². The van der Waals surface area contributed by atoms with Crippen molar-refractivity contribution in [2.45, 2.75) is 38.5 Å². The Kier molecular flexibility index (Phi) is 3.64. The van der Waals surface area contributed by atoms with E-state index in [-0.39, 0.29) is 6.42 Å². The predicted octanol–water partition coefficient (Wildman–Crippen LogP) is 3.54. The molecule has 1 aromatic carbocycles. The van der Waals surface area contributed by atoms with E-state index in [9.17, 15) is 18.7 Å². The van der Waals surface area contributed by atoms with Gasteiger partial charge in [0.2, 0.25) is 0 Å². The molecule has 18 heavy (non-hydrogen) atoms. The lowest BCUT2D eigenvalue weighted by molar-refractivity contribution is -0.151. The van der Waals surface area contributed by atoms with Crippen molar-refractivity contribution >= 4 is 5.97 Å². The van der Waals surface area contributed by atoms with Crippen molar-refractivity contribution in [2.75, 3.05) is 0 Å². The maximum atomic E-state index is 13.6. The molecule has 98 valence electrons. The smallest absolute Gasteiger partial charge is 0.309 e. The van der Waals surface area contributed by atoms with Crippen LogP contribution >= 0.6 is 0 Å². The molecule has 0 unspecified atom stereocenters. The number of carboxylic acids is 1. The van der Waals surface area contributed by atoms with Crippen LogP contribution in [0.5, 0.6) is 0 Å². The monoisotopic (exact) mass is 254 g/mol. The van der Waals surface area contributed by atoms with Crippen molar-refractivity contribution in [3.05, 3.63) is 35.4 Å². The lowest BCUT2D eigenvalue weighted by atomic mass is 9.70. The molecule has 0 aromatic heterocycles. The summed E-state index contributed by atoms with van der Waals surface area (Å²) in [5, 5.41) is 9.40. The summed E-state index contributed by atoms with van der Waals surface area (Å²) < 4.78 is 26.4. The van der Waals surface area contributed by atoms with E-state index in [1.807, 2.05) is 0 Å². The molecular formula is C14H16F2O2. The van der Waals surface area contributed by atoms with Gasteiger partial charge in [-0.1, -0.05) is 25.3 Å². The number of hydrogen-bond acceptors (Lipinski definition) is 1. The van der Waals surface area contributed by atoms with Gasteiger partial charge in [-0.15, -0.1) is 0 Å². The van der Waals surface area contributed by atoms with Crippen LogP contribution < -0.4 is 0 Å². The van der Waals surface area contributed by atoms with Crippen LogP contribution in [0.25, 0.3) is 0 Å². The van der Waals surface area contributed by atoms with Gasteiger partial charge in [-0.05, 0) is 30.9 Å². The van der Waals surface area contributed by atoms with E-state index in [1.54, 1.807) is 0 Å². The highest BCUT2D eigenvalue weighted by Gasteiger charge is 2.40. The maximum absolute atomic E-state index is 13.6. The Hall–Kier alpha value is -1.45. The van der Waals surface area contributed by atoms with Crippen molar-refractivity contribution in [1.29, 1.82) is 0 Å². The van der Waals surface area contributed by atoms with Gasteiger partial charge in [0, 0.05) is 6.07 Å². The Morgan fingerprint density at radius 2 is 1.89 bits per heavy atom. The summed E-state index contributed by atoms with van der Waals surface area (Å²) in [4.78, 5) is 11.5. The third-order valence-corrected chi connectivity index (χ3v) is 3.81. The second-order valence-electron chi connectivity index (χ2n) is 5.06. The van der Waals surface area contributed by atoms with Crippen molar-refractivity contribution in [2.24, 2.45) is 5.41 Å². The molecule has 4 heteroatoms. The molecule has 0 amide bonds. The third-order valence-electron chi connectivity index (χ3n) is 3.81. The normalized spacial score (nSPS) is 18.6. The van der Waals surface area contributed by atoms with Gasteiger partial charge in [0.05, 0.1) is 5.41 Å². The van der Waals surface area contributed by atoms with E-state index >= 15 is 0 Å². The summed E-state index contributed by atoms with van der Waals surface area (Å²) in [5.74, 6) is -2.16. The predicted molar refractivity (Wildman–Crippen MR) is 63.2 cm³/mol. The summed E-state index contributed by atoms with van der Waals surface area (Å²) >= 11 is 0. The van der Waals surface area contributed by atoms with Crippen LogP contribution in [0.1, 0.15) is 37.7 Å². The van der Waals surface area contributed by atoms with E-state index in [2.05, 4.69) is 0 Å². The molecular weight excluding hydrogens is 238 g/mol. The van der Waals surface area contributed by atoms with Crippen LogP contribution in [0.15, 0.2) is 18.2 Å². The number of rotatable bonds is 3. The molecule has 0 heterocycles. The molecule has 1 aliphatic rings. The standard InChI is InChI=1S/C14H16F2O2/c15-11-5-4-10(12(16)8-11)9-14(13(17)18)6-2-1-3-7-14/h4-5,8H,1-3,6-7,9H2,(H,17,18). The first-order valence-corrected chi connectivity index (χ1v) is 6.21. The Bertz CT molecular complexity index is 451. The fourth-order valence-corrected chi connectivity index (χ4v) is 2.72. The van der Waals surface area contributed by atoms with Crippen LogP contribution in [0.4, 0.5) is 8.78 Å². The van der Waals surface area contributed by atoms with Gasteiger partial charge in [0.15, 0.2) is 0 Å². The van der Waals surface area contributed by atoms with E-state index < -0.39 is 23.0 Å². The van der Waals surface area contributed by atoms with Crippen LogP contribution in [0.3, 0.4) is 0 Å². The molecule has 0 spiro atoms. The second-order valence-corrected chi connectivity index (χ2v) is 5.06. The first-order chi connectivity index (χ1) is 8.53. The number of carbonyl (C=O) groups is 1. The summed E-state index contributed by atoms with van der Waals surface area (Å²) in [6, 6.07) is 3.34. The summed E-state index contributed by atoms with van der Waals surface area (Å²) in [5.41, 5.74) is -0.586. The third kappa shape index (κ3) is 2.52. The fraction of sp³-hybridized carbons (Fsp3) is 0.500. The molecule has 2 nitrogen and oxygen atoms in total. The van der Waals surface area contributed by atoms with E-state index in [1.165, 1.54) is 12.1 Å². The van der Waals surface area contributed by atoms with E-state index in [4.69, 9.17) is 0 Å². The molecule has 1 N–H and O–H groups in total. The van der Waals surface area contributed by atoms with Gasteiger partial charge in [-0.3, -0.25) is 4.79 Å². The van der Waals surface area contributed by atoms with E-state index in [0.29, 0.717) is 18.4 Å². The zero-order chi connectivity index (χ0) is 13.2. The fourth-order valence-electron chi connectivity index (χ4n) is 2.72. The Morgan fingerprint density at radius 1 is 1.22 bits per heavy atom. The molecule has 0 atom stereocenters. The number of halogens is 2. The lowest BCUT2D eigenvalue weighted by Crippen LogP contribution is -2.35. The van der Waals surface area contributed by atoms with Crippen LogP contribution in [-0.4, -0.2) is 11.1 Å². The average Bonchev–Trinajstić information content (AvgIpc) is 2.34. The molecule has 0 bridgehead atoms. The van der Waals surface area contributed by atoms with Crippen LogP contribution in [-0.2, 0) is 11.2 Å². The number of aliphatic carboxylic acids is 1. The minimum absolute atomic E-state index is 0.147. The van der Waals surface area contributed by atoms with Gasteiger partial charge in [0.1, 0.15) is 11.6 Å². The number of benzene rings is 1. The van der Waals surface area contributed by atoms with Gasteiger partial charge >= 0.3 is 5.97 Å². The summed E-state index contributed by atoms with van der Waals surface area (Å²) in [6.07, 6.45) is 4.03. The summed E-state index contributed by atoms with van der Waals surface area (Å²) in [6.45, 7) is 0. The largest absolute Gasteiger partial charge is 0.481 e. The minimum atomic E-state index is -0.878. The van der Waals surface area contributed by atoms with Gasteiger partial charge in [0.25, 0.3) is 0 Å². The molecule has 1 aromatic rings. The van der Waals surface area contributed by atoms with E-state index in [0.717, 1.165) is 25.3 Å². The Morgan fingerprint density at radius 3 is 2.44 bits per heavy atom. The molecule has 0 saturated heterocycles.